The minimum Gasteiger partial charge on any atom is -0.365 e. The number of nitriles is 1. The molecule has 1 saturated heterocycles. The molecule has 1 unspecified atom stereocenters. The number of amides is 2. The third-order valence-electron chi connectivity index (χ3n) is 4.48. The quantitative estimate of drug-likeness (QED) is 0.492. The minimum absolute atomic E-state index is 0.219. The number of benzene rings is 2. The number of hydrogen-bond donors (Lipinski definition) is 1. The monoisotopic (exact) mass is 417 g/mol. The number of para-hydroxylation sites is 1. The first-order valence-corrected chi connectivity index (χ1v) is 9.78. The lowest BCUT2D eigenvalue weighted by Crippen LogP contribution is -2.31. The van der Waals surface area contributed by atoms with Crippen molar-refractivity contribution in [2.75, 3.05) is 4.90 Å². The van der Waals surface area contributed by atoms with E-state index in [1.54, 1.807) is 24.3 Å². The van der Waals surface area contributed by atoms with Crippen molar-refractivity contribution in [2.24, 2.45) is 5.73 Å². The fourth-order valence-electron chi connectivity index (χ4n) is 3.13. The minimum atomic E-state index is -0.866. The summed E-state index contributed by atoms with van der Waals surface area (Å²) in [6.45, 7) is 0. The van der Waals surface area contributed by atoms with Crippen LogP contribution in [0.4, 0.5) is 5.69 Å². The van der Waals surface area contributed by atoms with E-state index in [0.29, 0.717) is 12.1 Å². The molecular formula is C20H15N7O2S. The van der Waals surface area contributed by atoms with Crippen molar-refractivity contribution >= 4 is 29.3 Å². The van der Waals surface area contributed by atoms with E-state index >= 15 is 0 Å². The van der Waals surface area contributed by atoms with Gasteiger partial charge in [-0.25, -0.2) is 4.68 Å². The Morgan fingerprint density at radius 3 is 2.60 bits per heavy atom. The lowest BCUT2D eigenvalue weighted by Gasteiger charge is -2.18. The van der Waals surface area contributed by atoms with Gasteiger partial charge in [-0.2, -0.15) is 5.26 Å². The summed E-state index contributed by atoms with van der Waals surface area (Å²) in [6, 6.07) is 18.2. The van der Waals surface area contributed by atoms with Gasteiger partial charge in [0.15, 0.2) is 0 Å². The Labute approximate surface area is 175 Å². The molecule has 0 radical (unpaired) electrons. The summed E-state index contributed by atoms with van der Waals surface area (Å²) in [5.74, 6) is -1.09. The number of thioether (sulfide) groups is 1. The van der Waals surface area contributed by atoms with Gasteiger partial charge < -0.3 is 5.73 Å². The third kappa shape index (κ3) is 3.66. The van der Waals surface area contributed by atoms with Crippen LogP contribution in [0.5, 0.6) is 0 Å². The molecule has 1 atom stereocenters. The molecular weight excluding hydrogens is 402 g/mol. The maximum Gasteiger partial charge on any atom is 0.262 e. The second-order valence-corrected chi connectivity index (χ2v) is 7.59. The standard InChI is InChI=1S/C20H15N7O2S/c21-11-16(18(22)28)20-27(14-6-2-1-3-7-14)19(29)17(30-20)10-13-5-4-8-15(9-13)26-12-23-24-25-26/h1-9,12,17H,10H2,(H2,22,28)/b20-16+. The van der Waals surface area contributed by atoms with Gasteiger partial charge in [-0.15, -0.1) is 5.10 Å². The zero-order valence-corrected chi connectivity index (χ0v) is 16.4. The lowest BCUT2D eigenvalue weighted by atomic mass is 10.1. The van der Waals surface area contributed by atoms with E-state index in [2.05, 4.69) is 15.5 Å². The molecule has 1 fully saturated rings. The summed E-state index contributed by atoms with van der Waals surface area (Å²) in [6.07, 6.45) is 1.88. The van der Waals surface area contributed by atoms with Crippen LogP contribution < -0.4 is 10.6 Å². The highest BCUT2D eigenvalue weighted by molar-refractivity contribution is 8.05. The van der Waals surface area contributed by atoms with Crippen LogP contribution in [0.25, 0.3) is 5.69 Å². The summed E-state index contributed by atoms with van der Waals surface area (Å²) < 4.78 is 1.52. The number of carbonyl (C=O) groups is 2. The zero-order chi connectivity index (χ0) is 21.1. The number of nitrogens with two attached hydrogens (primary N) is 1. The van der Waals surface area contributed by atoms with Crippen LogP contribution >= 0.6 is 11.8 Å². The average Bonchev–Trinajstić information content (AvgIpc) is 3.39. The Bertz CT molecular complexity index is 1170. The molecule has 0 aliphatic carbocycles. The Hall–Kier alpha value is -3.97. The number of primary amides is 1. The summed E-state index contributed by atoms with van der Waals surface area (Å²) in [5.41, 5.74) is 7.38. The number of hydrogen-bond acceptors (Lipinski definition) is 7. The van der Waals surface area contributed by atoms with Crippen molar-refractivity contribution in [1.29, 1.82) is 5.26 Å². The predicted molar refractivity (Wildman–Crippen MR) is 110 cm³/mol. The second-order valence-electron chi connectivity index (χ2n) is 6.40. The van der Waals surface area contributed by atoms with Gasteiger partial charge in [0.05, 0.1) is 10.9 Å². The molecule has 1 aromatic heterocycles. The van der Waals surface area contributed by atoms with Crippen LogP contribution in [-0.4, -0.2) is 37.3 Å². The van der Waals surface area contributed by atoms with Crippen molar-refractivity contribution in [1.82, 2.24) is 20.2 Å². The Morgan fingerprint density at radius 1 is 1.17 bits per heavy atom. The van der Waals surface area contributed by atoms with E-state index < -0.39 is 11.2 Å². The number of rotatable bonds is 5. The molecule has 2 N–H and O–H groups in total. The van der Waals surface area contributed by atoms with E-state index in [4.69, 9.17) is 5.73 Å². The molecule has 2 heterocycles. The maximum absolute atomic E-state index is 13.2. The first-order chi connectivity index (χ1) is 14.6. The Balaban J connectivity index is 1.69. The van der Waals surface area contributed by atoms with Crippen molar-refractivity contribution in [3.63, 3.8) is 0 Å². The first-order valence-electron chi connectivity index (χ1n) is 8.90. The predicted octanol–water partition coefficient (Wildman–Crippen LogP) is 1.57. The highest BCUT2D eigenvalue weighted by Crippen LogP contribution is 2.41. The molecule has 1 aliphatic rings. The van der Waals surface area contributed by atoms with Gasteiger partial charge in [0.1, 0.15) is 23.0 Å². The number of aromatic nitrogens is 4. The second kappa shape index (κ2) is 8.18. The van der Waals surface area contributed by atoms with Gasteiger partial charge in [-0.3, -0.25) is 14.5 Å². The molecule has 10 heteroatoms. The van der Waals surface area contributed by atoms with Crippen LogP contribution in [0.3, 0.4) is 0 Å². The average molecular weight is 417 g/mol. The van der Waals surface area contributed by atoms with Crippen molar-refractivity contribution in [2.45, 2.75) is 11.7 Å². The fraction of sp³-hybridized carbons (Fsp3) is 0.100. The number of nitrogens with zero attached hydrogens (tertiary/aromatic N) is 6. The molecule has 0 bridgehead atoms. The lowest BCUT2D eigenvalue weighted by molar-refractivity contribution is -0.117. The molecule has 148 valence electrons. The van der Waals surface area contributed by atoms with E-state index in [1.807, 2.05) is 36.4 Å². The number of anilines is 1. The highest BCUT2D eigenvalue weighted by Gasteiger charge is 2.40. The number of tetrazole rings is 1. The van der Waals surface area contributed by atoms with E-state index in [0.717, 1.165) is 11.3 Å². The van der Waals surface area contributed by atoms with Gasteiger partial charge in [0.25, 0.3) is 5.91 Å². The zero-order valence-electron chi connectivity index (χ0n) is 15.5. The van der Waals surface area contributed by atoms with Crippen molar-refractivity contribution < 1.29 is 9.59 Å². The normalized spacial score (nSPS) is 17.6. The van der Waals surface area contributed by atoms with Gasteiger partial charge in [0, 0.05) is 5.69 Å². The Morgan fingerprint density at radius 2 is 1.93 bits per heavy atom. The summed E-state index contributed by atoms with van der Waals surface area (Å²) in [5, 5.41) is 20.3. The van der Waals surface area contributed by atoms with Crippen LogP contribution in [0, 0.1) is 11.3 Å². The Kier molecular flexibility index (Phi) is 5.28. The largest absolute Gasteiger partial charge is 0.365 e. The molecule has 3 aromatic rings. The summed E-state index contributed by atoms with van der Waals surface area (Å²) in [4.78, 5) is 26.5. The topological polar surface area (TPSA) is 131 Å². The molecule has 0 spiro atoms. The molecule has 2 aromatic carbocycles. The highest BCUT2D eigenvalue weighted by atomic mass is 32.2. The SMILES string of the molecule is N#C/C(C(N)=O)=C1\SC(Cc2cccc(-n3cnnn3)c2)C(=O)N1c1ccccc1. The number of carbonyl (C=O) groups excluding carboxylic acids is 2. The molecule has 4 rings (SSSR count). The molecule has 9 nitrogen and oxygen atoms in total. The fourth-order valence-corrected chi connectivity index (χ4v) is 4.45. The van der Waals surface area contributed by atoms with Crippen LogP contribution in [0.2, 0.25) is 0 Å². The van der Waals surface area contributed by atoms with Crippen molar-refractivity contribution in [3.05, 3.63) is 77.1 Å². The van der Waals surface area contributed by atoms with E-state index in [9.17, 15) is 14.9 Å². The van der Waals surface area contributed by atoms with Gasteiger partial charge in [-0.1, -0.05) is 42.1 Å². The molecule has 2 amide bonds. The summed E-state index contributed by atoms with van der Waals surface area (Å²) >= 11 is 1.17. The smallest absolute Gasteiger partial charge is 0.262 e. The van der Waals surface area contributed by atoms with Crippen LogP contribution in [0.15, 0.2) is 71.5 Å². The van der Waals surface area contributed by atoms with Crippen LogP contribution in [0.1, 0.15) is 5.56 Å². The van der Waals surface area contributed by atoms with Gasteiger partial charge in [0.2, 0.25) is 5.91 Å². The molecule has 1 aliphatic heterocycles. The molecule has 0 saturated carbocycles. The van der Waals surface area contributed by atoms with Crippen LogP contribution in [-0.2, 0) is 16.0 Å². The summed E-state index contributed by atoms with van der Waals surface area (Å²) in [7, 11) is 0. The van der Waals surface area contributed by atoms with E-state index in [1.165, 1.54) is 27.7 Å². The van der Waals surface area contributed by atoms with E-state index in [-0.39, 0.29) is 16.5 Å². The molecule has 30 heavy (non-hydrogen) atoms. The van der Waals surface area contributed by atoms with Crippen molar-refractivity contribution in [3.8, 4) is 11.8 Å². The van der Waals surface area contributed by atoms with Gasteiger partial charge >= 0.3 is 0 Å². The first kappa shape index (κ1) is 19.4. The van der Waals surface area contributed by atoms with Gasteiger partial charge in [-0.05, 0) is 46.7 Å². The maximum atomic E-state index is 13.2. The third-order valence-corrected chi connectivity index (χ3v) is 5.75.